The fraction of sp³-hybridized carbons (Fsp3) is 0.0400. The zero-order valence-electron chi connectivity index (χ0n) is 16.2. The van der Waals surface area contributed by atoms with E-state index >= 15 is 0 Å². The van der Waals surface area contributed by atoms with Gasteiger partial charge in [-0.1, -0.05) is 0 Å². The molecule has 0 amide bonds. The SMILES string of the molecule is [Se]c1cc[se]c1C1=CC(=Nc2ccccc2)c2c([se]c3c2[Se]=C3)C1Nc1ccccc1. The Labute approximate surface area is 207 Å². The second-order valence-electron chi connectivity index (χ2n) is 7.26. The van der Waals surface area contributed by atoms with Crippen molar-refractivity contribution in [2.24, 2.45) is 4.99 Å². The molecule has 2 radical (unpaired) electrons. The van der Waals surface area contributed by atoms with Gasteiger partial charge in [0.1, 0.15) is 0 Å². The van der Waals surface area contributed by atoms with Crippen LogP contribution < -0.4 is 14.2 Å². The van der Waals surface area contributed by atoms with Crippen LogP contribution in [0.1, 0.15) is 24.9 Å². The molecule has 2 aliphatic rings. The average Bonchev–Trinajstić information content (AvgIpc) is 3.31. The van der Waals surface area contributed by atoms with Crippen LogP contribution >= 0.6 is 0 Å². The molecule has 1 atom stereocenters. The predicted molar refractivity (Wildman–Crippen MR) is 136 cm³/mol. The van der Waals surface area contributed by atoms with Crippen molar-refractivity contribution in [1.29, 1.82) is 0 Å². The second-order valence-corrected chi connectivity index (χ2v) is 14.2. The summed E-state index contributed by atoms with van der Waals surface area (Å²) in [5.41, 5.74) is 6.16. The van der Waals surface area contributed by atoms with E-state index in [4.69, 9.17) is 4.99 Å². The van der Waals surface area contributed by atoms with Gasteiger partial charge >= 0.3 is 209 Å². The average molecular weight is 660 g/mol. The molecule has 1 aliphatic carbocycles. The molecule has 0 saturated carbocycles. The number of anilines is 1. The van der Waals surface area contributed by atoms with E-state index in [1.165, 1.54) is 25.7 Å². The Bertz CT molecular complexity index is 1360. The Kier molecular flexibility index (Phi) is 5.52. The van der Waals surface area contributed by atoms with Crippen molar-refractivity contribution in [3.8, 4) is 0 Å². The quantitative estimate of drug-likeness (QED) is 0.295. The first-order valence-electron chi connectivity index (χ1n) is 9.86. The summed E-state index contributed by atoms with van der Waals surface area (Å²) in [4.78, 5) is 9.94. The molecular weight excluding hydrogens is 644 g/mol. The number of allylic oxidation sites excluding steroid dienone is 1. The molecule has 0 saturated heterocycles. The predicted octanol–water partition coefficient (Wildman–Crippen LogP) is 2.46. The van der Waals surface area contributed by atoms with Crippen LogP contribution in [0.4, 0.5) is 11.4 Å². The van der Waals surface area contributed by atoms with Gasteiger partial charge in [-0.15, -0.1) is 0 Å². The number of hydrogen-bond acceptors (Lipinski definition) is 2. The molecule has 0 bridgehead atoms. The van der Waals surface area contributed by atoms with Crippen molar-refractivity contribution >= 4 is 96.0 Å². The van der Waals surface area contributed by atoms with Crippen molar-refractivity contribution < 1.29 is 0 Å². The van der Waals surface area contributed by atoms with Crippen LogP contribution in [-0.2, 0) is 0 Å². The minimum absolute atomic E-state index is 0.210. The van der Waals surface area contributed by atoms with Crippen LogP contribution in [0.5, 0.6) is 0 Å². The molecule has 2 aromatic carbocycles. The summed E-state index contributed by atoms with van der Waals surface area (Å²) in [6.07, 6.45) is 2.37. The molecule has 4 aromatic rings. The summed E-state index contributed by atoms with van der Waals surface area (Å²) >= 11 is 4.50. The fourth-order valence-electron chi connectivity index (χ4n) is 3.87. The van der Waals surface area contributed by atoms with Crippen LogP contribution in [0.15, 0.2) is 82.7 Å². The maximum absolute atomic E-state index is 5.15. The van der Waals surface area contributed by atoms with Crippen LogP contribution in [-0.4, -0.2) is 70.2 Å². The van der Waals surface area contributed by atoms with E-state index in [1.807, 2.05) is 0 Å². The molecular formula is C25H16N2Se4. The van der Waals surface area contributed by atoms with Gasteiger partial charge in [0.2, 0.25) is 0 Å². The molecule has 1 N–H and O–H groups in total. The van der Waals surface area contributed by atoms with E-state index in [1.54, 1.807) is 13.3 Å². The van der Waals surface area contributed by atoms with Crippen LogP contribution in [0.3, 0.4) is 0 Å². The number of aliphatic imine (C=N–C) groups is 1. The normalized spacial score (nSPS) is 17.6. The Morgan fingerprint density at radius 1 is 0.935 bits per heavy atom. The Hall–Kier alpha value is -1.44. The van der Waals surface area contributed by atoms with Crippen LogP contribution in [0.25, 0.3) is 5.57 Å². The molecule has 31 heavy (non-hydrogen) atoms. The number of para-hydroxylation sites is 2. The van der Waals surface area contributed by atoms with Crippen molar-refractivity contribution in [3.63, 3.8) is 0 Å². The van der Waals surface area contributed by atoms with Crippen molar-refractivity contribution in [1.82, 2.24) is 0 Å². The van der Waals surface area contributed by atoms with Crippen LogP contribution in [0, 0.1) is 0 Å². The van der Waals surface area contributed by atoms with Gasteiger partial charge in [0.15, 0.2) is 0 Å². The third kappa shape index (κ3) is 3.72. The van der Waals surface area contributed by atoms with Crippen molar-refractivity contribution in [2.45, 2.75) is 6.04 Å². The Balaban J connectivity index is 1.56. The monoisotopic (exact) mass is 664 g/mol. The second kappa shape index (κ2) is 8.48. The first-order chi connectivity index (χ1) is 15.3. The molecule has 3 heterocycles. The number of hydrogen-bond donors (Lipinski definition) is 1. The first-order valence-corrected chi connectivity index (χ1v) is 16.1. The van der Waals surface area contributed by atoms with E-state index in [0.29, 0.717) is 43.5 Å². The van der Waals surface area contributed by atoms with Crippen molar-refractivity contribution in [2.75, 3.05) is 5.32 Å². The topological polar surface area (TPSA) is 24.4 Å². The molecule has 2 aromatic heterocycles. The molecule has 6 rings (SSSR count). The standard InChI is InChI=1S/C25H16N2Se4/c28-19-11-12-29-23(19)17-13-18(26-15-7-3-1-4-8-15)21-24-20(14-30-24)31-25(21)22(17)27-16-9-5-2-6-10-16/h1-14,22,27H. The number of rotatable bonds is 4. The van der Waals surface area contributed by atoms with Gasteiger partial charge in [0, 0.05) is 0 Å². The zero-order chi connectivity index (χ0) is 20.8. The van der Waals surface area contributed by atoms with Gasteiger partial charge < -0.3 is 0 Å². The summed E-state index contributed by atoms with van der Waals surface area (Å²) in [5, 5.41) is 3.89. The first kappa shape index (κ1) is 20.2. The van der Waals surface area contributed by atoms with E-state index in [0.717, 1.165) is 11.4 Å². The van der Waals surface area contributed by atoms with Gasteiger partial charge in [-0.2, -0.15) is 0 Å². The zero-order valence-corrected chi connectivity index (χ0v) is 23.1. The van der Waals surface area contributed by atoms with Crippen LogP contribution in [0.2, 0.25) is 0 Å². The van der Waals surface area contributed by atoms with Gasteiger partial charge in [0.05, 0.1) is 0 Å². The molecule has 6 heteroatoms. The van der Waals surface area contributed by atoms with E-state index in [9.17, 15) is 0 Å². The molecule has 1 aliphatic heterocycles. The van der Waals surface area contributed by atoms with Gasteiger partial charge in [-0.3, -0.25) is 0 Å². The number of benzene rings is 2. The third-order valence-electron chi connectivity index (χ3n) is 5.30. The molecule has 1 unspecified atom stereocenters. The van der Waals surface area contributed by atoms with Gasteiger partial charge in [0.25, 0.3) is 0 Å². The molecule has 2 nitrogen and oxygen atoms in total. The summed E-state index contributed by atoms with van der Waals surface area (Å²) in [6, 6.07) is 23.5. The van der Waals surface area contributed by atoms with E-state index in [-0.39, 0.29) is 6.04 Å². The van der Waals surface area contributed by atoms with E-state index in [2.05, 4.69) is 104 Å². The van der Waals surface area contributed by atoms with E-state index < -0.39 is 0 Å². The minimum atomic E-state index is 0.210. The summed E-state index contributed by atoms with van der Waals surface area (Å²) in [7, 11) is 0. The summed E-state index contributed by atoms with van der Waals surface area (Å²) < 4.78 is 7.44. The fourth-order valence-corrected chi connectivity index (χ4v) is 13.0. The number of fused-ring (bicyclic) bond motifs is 3. The Morgan fingerprint density at radius 3 is 2.39 bits per heavy atom. The maximum atomic E-state index is 5.15. The Morgan fingerprint density at radius 2 is 1.71 bits per heavy atom. The van der Waals surface area contributed by atoms with Gasteiger partial charge in [-0.05, 0) is 0 Å². The van der Waals surface area contributed by atoms with Gasteiger partial charge in [-0.25, -0.2) is 0 Å². The molecule has 150 valence electrons. The van der Waals surface area contributed by atoms with Crippen molar-refractivity contribution in [3.05, 3.63) is 96.6 Å². The third-order valence-corrected chi connectivity index (χ3v) is 14.8. The number of nitrogens with zero attached hydrogens (tertiary/aromatic N) is 1. The summed E-state index contributed by atoms with van der Waals surface area (Å²) in [5.74, 6) is 0. The summed E-state index contributed by atoms with van der Waals surface area (Å²) in [6.45, 7) is 0. The molecule has 0 spiro atoms. The number of nitrogens with one attached hydrogen (secondary N) is 1. The molecule has 0 fully saturated rings.